The molecule has 2 aromatic rings. The van der Waals surface area contributed by atoms with Crippen LogP contribution in [0.2, 0.25) is 5.02 Å². The van der Waals surface area contributed by atoms with E-state index in [0.29, 0.717) is 28.8 Å². The number of rotatable bonds is 6. The normalized spacial score (nSPS) is 15.6. The van der Waals surface area contributed by atoms with Crippen molar-refractivity contribution in [3.05, 3.63) is 53.1 Å². The van der Waals surface area contributed by atoms with E-state index in [1.54, 1.807) is 36.4 Å². The molecular formula is C21H22ClN3O5. The molecule has 2 aromatic carbocycles. The predicted octanol–water partition coefficient (Wildman–Crippen LogP) is 2.56. The lowest BCUT2D eigenvalue weighted by atomic mass is 10.1. The van der Waals surface area contributed by atoms with Crippen molar-refractivity contribution in [1.82, 2.24) is 10.9 Å². The molecule has 0 bridgehead atoms. The first-order valence-corrected chi connectivity index (χ1v) is 9.78. The molecule has 0 aliphatic carbocycles. The molecule has 158 valence electrons. The Morgan fingerprint density at radius 2 is 1.93 bits per heavy atom. The second-order valence-electron chi connectivity index (χ2n) is 6.60. The van der Waals surface area contributed by atoms with Gasteiger partial charge >= 0.3 is 0 Å². The lowest BCUT2D eigenvalue weighted by Crippen LogP contribution is -2.45. The molecular weight excluding hydrogens is 410 g/mol. The summed E-state index contributed by atoms with van der Waals surface area (Å²) >= 11 is 6.15. The second-order valence-corrected chi connectivity index (χ2v) is 7.01. The number of hydrazine groups is 1. The van der Waals surface area contributed by atoms with Crippen LogP contribution in [0.5, 0.6) is 11.5 Å². The highest BCUT2D eigenvalue weighted by molar-refractivity contribution is 6.33. The van der Waals surface area contributed by atoms with Gasteiger partial charge in [-0.25, -0.2) is 0 Å². The molecule has 1 atom stereocenters. The molecule has 1 heterocycles. The molecule has 0 radical (unpaired) electrons. The van der Waals surface area contributed by atoms with Gasteiger partial charge in [0, 0.05) is 18.5 Å². The minimum atomic E-state index is -0.607. The summed E-state index contributed by atoms with van der Waals surface area (Å²) in [6.07, 6.45) is 0.0316. The number of carbonyl (C=O) groups is 3. The van der Waals surface area contributed by atoms with Gasteiger partial charge in [0.2, 0.25) is 11.8 Å². The highest BCUT2D eigenvalue weighted by Gasteiger charge is 2.36. The second kappa shape index (κ2) is 9.49. The Morgan fingerprint density at radius 1 is 1.17 bits per heavy atom. The Bertz CT molecular complexity index is 965. The summed E-state index contributed by atoms with van der Waals surface area (Å²) in [5.74, 6) is -0.854. The van der Waals surface area contributed by atoms with Gasteiger partial charge in [0.25, 0.3) is 5.91 Å². The van der Waals surface area contributed by atoms with Crippen molar-refractivity contribution in [3.8, 4) is 11.5 Å². The van der Waals surface area contributed by atoms with Crippen molar-refractivity contribution in [2.45, 2.75) is 13.3 Å². The smallest absolute Gasteiger partial charge is 0.269 e. The van der Waals surface area contributed by atoms with Crippen LogP contribution in [0.3, 0.4) is 0 Å². The number of hydrogen-bond donors (Lipinski definition) is 2. The van der Waals surface area contributed by atoms with Crippen LogP contribution in [0.25, 0.3) is 0 Å². The lowest BCUT2D eigenvalue weighted by Gasteiger charge is -2.18. The van der Waals surface area contributed by atoms with Crippen LogP contribution in [0.15, 0.2) is 42.5 Å². The SMILES string of the molecule is CCOc1ccc(C(=O)NNC(=O)C2CC(=O)N(c3ccccc3Cl)C2)cc1OC. The summed E-state index contributed by atoms with van der Waals surface area (Å²) in [4.78, 5) is 38.7. The number of anilines is 1. The molecule has 1 unspecified atom stereocenters. The number of ether oxygens (including phenoxy) is 2. The molecule has 1 aliphatic heterocycles. The first-order chi connectivity index (χ1) is 14.4. The van der Waals surface area contributed by atoms with Crippen LogP contribution in [0.4, 0.5) is 5.69 Å². The molecule has 9 heteroatoms. The minimum absolute atomic E-state index is 0.0316. The van der Waals surface area contributed by atoms with Crippen molar-refractivity contribution in [2.75, 3.05) is 25.2 Å². The summed E-state index contributed by atoms with van der Waals surface area (Å²) in [7, 11) is 1.48. The zero-order valence-corrected chi connectivity index (χ0v) is 17.4. The number of hydrogen-bond acceptors (Lipinski definition) is 5. The first-order valence-electron chi connectivity index (χ1n) is 9.40. The fourth-order valence-corrected chi connectivity index (χ4v) is 3.40. The quantitative estimate of drug-likeness (QED) is 0.685. The molecule has 30 heavy (non-hydrogen) atoms. The van der Waals surface area contributed by atoms with E-state index in [1.165, 1.54) is 18.1 Å². The number of amides is 3. The Hall–Kier alpha value is -3.26. The van der Waals surface area contributed by atoms with E-state index in [-0.39, 0.29) is 24.4 Å². The maximum atomic E-state index is 12.5. The van der Waals surface area contributed by atoms with Gasteiger partial charge in [-0.3, -0.25) is 25.2 Å². The van der Waals surface area contributed by atoms with Crippen LogP contribution in [-0.2, 0) is 9.59 Å². The maximum Gasteiger partial charge on any atom is 0.269 e. The average molecular weight is 432 g/mol. The van der Waals surface area contributed by atoms with Gasteiger partial charge in [0.15, 0.2) is 11.5 Å². The fraction of sp³-hybridized carbons (Fsp3) is 0.286. The van der Waals surface area contributed by atoms with Crippen molar-refractivity contribution >= 4 is 35.0 Å². The number of benzene rings is 2. The third-order valence-electron chi connectivity index (χ3n) is 4.66. The Morgan fingerprint density at radius 3 is 2.63 bits per heavy atom. The standard InChI is InChI=1S/C21H22ClN3O5/c1-3-30-17-9-8-13(10-18(17)29-2)20(27)23-24-21(28)14-11-19(26)25(12-14)16-7-5-4-6-15(16)22/h4-10,14H,3,11-12H2,1-2H3,(H,23,27)(H,24,28). The Balaban J connectivity index is 1.60. The molecule has 2 N–H and O–H groups in total. The zero-order chi connectivity index (χ0) is 21.7. The number of halogens is 1. The highest BCUT2D eigenvalue weighted by atomic mass is 35.5. The minimum Gasteiger partial charge on any atom is -0.493 e. The molecule has 8 nitrogen and oxygen atoms in total. The molecule has 0 saturated carbocycles. The van der Waals surface area contributed by atoms with Crippen LogP contribution in [-0.4, -0.2) is 38.0 Å². The first kappa shape index (κ1) is 21.4. The molecule has 3 amide bonds. The topological polar surface area (TPSA) is 97.0 Å². The van der Waals surface area contributed by atoms with Gasteiger partial charge in [0.1, 0.15) is 0 Å². The number of nitrogens with one attached hydrogen (secondary N) is 2. The van der Waals surface area contributed by atoms with Gasteiger partial charge < -0.3 is 14.4 Å². The monoisotopic (exact) mass is 431 g/mol. The van der Waals surface area contributed by atoms with E-state index in [4.69, 9.17) is 21.1 Å². The molecule has 1 fully saturated rings. The van der Waals surface area contributed by atoms with Crippen molar-refractivity contribution in [2.24, 2.45) is 5.92 Å². The summed E-state index contributed by atoms with van der Waals surface area (Å²) < 4.78 is 10.6. The number of nitrogens with zero attached hydrogens (tertiary/aromatic N) is 1. The maximum absolute atomic E-state index is 12.5. The number of para-hydroxylation sites is 1. The third kappa shape index (κ3) is 4.65. The van der Waals surface area contributed by atoms with Gasteiger partial charge in [-0.15, -0.1) is 0 Å². The molecule has 1 saturated heterocycles. The van der Waals surface area contributed by atoms with Crippen molar-refractivity contribution in [3.63, 3.8) is 0 Å². The molecule has 3 rings (SSSR count). The Kier molecular flexibility index (Phi) is 6.79. The van der Waals surface area contributed by atoms with Gasteiger partial charge in [-0.1, -0.05) is 23.7 Å². The van der Waals surface area contributed by atoms with Crippen LogP contribution in [0, 0.1) is 5.92 Å². The van der Waals surface area contributed by atoms with Gasteiger partial charge in [-0.05, 0) is 37.3 Å². The summed E-state index contributed by atoms with van der Waals surface area (Å²) in [5, 5.41) is 0.435. The summed E-state index contributed by atoms with van der Waals surface area (Å²) in [6, 6.07) is 11.6. The Labute approximate surface area is 179 Å². The third-order valence-corrected chi connectivity index (χ3v) is 4.98. The van der Waals surface area contributed by atoms with Crippen LogP contribution >= 0.6 is 11.6 Å². The van der Waals surface area contributed by atoms with E-state index in [2.05, 4.69) is 10.9 Å². The lowest BCUT2D eigenvalue weighted by molar-refractivity contribution is -0.126. The van der Waals surface area contributed by atoms with Crippen LogP contribution < -0.4 is 25.2 Å². The summed E-state index contributed by atoms with van der Waals surface area (Å²) in [5.41, 5.74) is 5.60. The van der Waals surface area contributed by atoms with E-state index < -0.39 is 17.7 Å². The zero-order valence-electron chi connectivity index (χ0n) is 16.6. The molecule has 0 spiro atoms. The average Bonchev–Trinajstić information content (AvgIpc) is 3.14. The van der Waals surface area contributed by atoms with Gasteiger partial charge in [0.05, 0.1) is 30.3 Å². The van der Waals surface area contributed by atoms with Crippen LogP contribution in [0.1, 0.15) is 23.7 Å². The molecule has 1 aliphatic rings. The number of methoxy groups -OCH3 is 1. The van der Waals surface area contributed by atoms with Gasteiger partial charge in [-0.2, -0.15) is 0 Å². The van der Waals surface area contributed by atoms with E-state index in [0.717, 1.165) is 0 Å². The highest BCUT2D eigenvalue weighted by Crippen LogP contribution is 2.31. The van der Waals surface area contributed by atoms with E-state index >= 15 is 0 Å². The van der Waals surface area contributed by atoms with E-state index in [9.17, 15) is 14.4 Å². The molecule has 0 aromatic heterocycles. The predicted molar refractivity (Wildman–Crippen MR) is 112 cm³/mol. The van der Waals surface area contributed by atoms with Crippen molar-refractivity contribution in [1.29, 1.82) is 0 Å². The largest absolute Gasteiger partial charge is 0.493 e. The number of carbonyl (C=O) groups excluding carboxylic acids is 3. The van der Waals surface area contributed by atoms with Crippen molar-refractivity contribution < 1.29 is 23.9 Å². The summed E-state index contributed by atoms with van der Waals surface area (Å²) in [6.45, 7) is 2.49. The fourth-order valence-electron chi connectivity index (χ4n) is 3.16. The van der Waals surface area contributed by atoms with E-state index in [1.807, 2.05) is 6.92 Å².